The molecule has 0 saturated heterocycles. The summed E-state index contributed by atoms with van der Waals surface area (Å²) >= 11 is 0.345. The molecule has 0 fully saturated rings. The van der Waals surface area contributed by atoms with Gasteiger partial charge < -0.3 is 0 Å². The van der Waals surface area contributed by atoms with E-state index in [9.17, 15) is 4.79 Å². The zero-order chi connectivity index (χ0) is 12.0. The van der Waals surface area contributed by atoms with Crippen LogP contribution in [0.1, 0.15) is 27.2 Å². The van der Waals surface area contributed by atoms with Crippen molar-refractivity contribution >= 4 is 25.4 Å². The summed E-state index contributed by atoms with van der Waals surface area (Å²) in [5.41, 5.74) is 0. The van der Waals surface area contributed by atoms with Crippen LogP contribution < -0.4 is 4.46 Å². The van der Waals surface area contributed by atoms with Crippen molar-refractivity contribution < 1.29 is 9.53 Å². The van der Waals surface area contributed by atoms with E-state index in [2.05, 4.69) is 19.1 Å². The Labute approximate surface area is 104 Å². The second-order valence-corrected chi connectivity index (χ2v) is 7.16. The van der Waals surface area contributed by atoms with Gasteiger partial charge in [-0.25, -0.2) is 0 Å². The van der Waals surface area contributed by atoms with Crippen LogP contribution in [0.2, 0.25) is 4.82 Å². The fourth-order valence-electron chi connectivity index (χ4n) is 1.32. The molecule has 0 saturated carbocycles. The van der Waals surface area contributed by atoms with Gasteiger partial charge in [-0.15, -0.1) is 0 Å². The second-order valence-electron chi connectivity index (χ2n) is 3.98. The molecule has 0 aliphatic heterocycles. The van der Waals surface area contributed by atoms with Crippen LogP contribution in [0.25, 0.3) is 0 Å². The van der Waals surface area contributed by atoms with Gasteiger partial charge in [-0.3, -0.25) is 0 Å². The van der Waals surface area contributed by atoms with Gasteiger partial charge >= 0.3 is 103 Å². The van der Waals surface area contributed by atoms with Gasteiger partial charge in [0.2, 0.25) is 0 Å². The Morgan fingerprint density at radius 3 is 2.44 bits per heavy atom. The summed E-state index contributed by atoms with van der Waals surface area (Å²) in [5.74, 6) is -0.0830. The average Bonchev–Trinajstić information content (AvgIpc) is 2.17. The third-order valence-electron chi connectivity index (χ3n) is 1.90. The molecule has 0 aliphatic carbocycles. The molecule has 16 heavy (non-hydrogen) atoms. The first-order valence-electron chi connectivity index (χ1n) is 5.49. The number of rotatable bonds is 5. The van der Waals surface area contributed by atoms with Crippen molar-refractivity contribution in [1.29, 1.82) is 0 Å². The van der Waals surface area contributed by atoms with Crippen molar-refractivity contribution in [3.8, 4) is 0 Å². The van der Waals surface area contributed by atoms with Gasteiger partial charge in [0.1, 0.15) is 0 Å². The maximum absolute atomic E-state index is 11.4. The van der Waals surface area contributed by atoms with Gasteiger partial charge in [0.05, 0.1) is 0 Å². The zero-order valence-corrected chi connectivity index (χ0v) is 11.7. The molecule has 0 heterocycles. The fraction of sp³-hybridized carbons (Fsp3) is 0.462. The molecule has 0 amide bonds. The van der Waals surface area contributed by atoms with E-state index >= 15 is 0 Å². The normalized spacial score (nSPS) is 12.5. The summed E-state index contributed by atoms with van der Waals surface area (Å²) in [6, 6.07) is 10.3. The Morgan fingerprint density at radius 1 is 1.25 bits per heavy atom. The van der Waals surface area contributed by atoms with E-state index in [-0.39, 0.29) is 12.1 Å². The van der Waals surface area contributed by atoms with Crippen LogP contribution in [0.4, 0.5) is 0 Å². The Morgan fingerprint density at radius 2 is 1.88 bits per heavy atom. The van der Waals surface area contributed by atoms with Gasteiger partial charge in [0.15, 0.2) is 0 Å². The molecular weight excluding hydrogens is 267 g/mol. The van der Waals surface area contributed by atoms with E-state index in [4.69, 9.17) is 4.74 Å². The Bertz CT molecular complexity index is 322. The standard InChI is InChI=1S/C13H18O2Se/c1-10(2)15-13(14)9-11(3)16-12-7-5-4-6-8-12/h4-8,10-11H,9H2,1-3H3. The van der Waals surface area contributed by atoms with Gasteiger partial charge in [-0.05, 0) is 0 Å². The first-order chi connectivity index (χ1) is 7.58. The van der Waals surface area contributed by atoms with Gasteiger partial charge in [0, 0.05) is 0 Å². The predicted molar refractivity (Wildman–Crippen MR) is 67.1 cm³/mol. The van der Waals surface area contributed by atoms with E-state index in [0.29, 0.717) is 26.2 Å². The molecule has 0 spiro atoms. The number of ether oxygens (including phenoxy) is 1. The number of benzene rings is 1. The van der Waals surface area contributed by atoms with Crippen LogP contribution >= 0.6 is 0 Å². The van der Waals surface area contributed by atoms with Crippen LogP contribution in [-0.2, 0) is 9.53 Å². The van der Waals surface area contributed by atoms with Crippen LogP contribution in [0.5, 0.6) is 0 Å². The molecule has 1 aromatic carbocycles. The van der Waals surface area contributed by atoms with Gasteiger partial charge in [0.25, 0.3) is 0 Å². The van der Waals surface area contributed by atoms with Crippen molar-refractivity contribution in [3.05, 3.63) is 30.3 Å². The maximum atomic E-state index is 11.4. The molecule has 2 nitrogen and oxygen atoms in total. The van der Waals surface area contributed by atoms with Crippen molar-refractivity contribution in [2.45, 2.75) is 38.1 Å². The molecule has 0 aliphatic rings. The monoisotopic (exact) mass is 286 g/mol. The molecule has 0 N–H and O–H groups in total. The molecule has 0 aromatic heterocycles. The van der Waals surface area contributed by atoms with E-state index in [1.165, 1.54) is 4.46 Å². The number of esters is 1. The number of carbonyl (C=O) groups excluding carboxylic acids is 1. The predicted octanol–water partition coefficient (Wildman–Crippen LogP) is 2.17. The van der Waals surface area contributed by atoms with Crippen molar-refractivity contribution in [2.24, 2.45) is 0 Å². The molecule has 88 valence electrons. The number of hydrogen-bond acceptors (Lipinski definition) is 2. The summed E-state index contributed by atoms with van der Waals surface area (Å²) in [6.45, 7) is 5.87. The molecule has 0 bridgehead atoms. The van der Waals surface area contributed by atoms with Crippen LogP contribution in [-0.4, -0.2) is 27.0 Å². The Hall–Kier alpha value is -0.791. The first-order valence-corrected chi connectivity index (χ1v) is 7.33. The number of carbonyl (C=O) groups is 1. The topological polar surface area (TPSA) is 26.3 Å². The molecule has 1 aromatic rings. The Balaban J connectivity index is 2.36. The van der Waals surface area contributed by atoms with Gasteiger partial charge in [-0.1, -0.05) is 0 Å². The van der Waals surface area contributed by atoms with E-state index in [1.807, 2.05) is 32.0 Å². The molecule has 3 heteroatoms. The Kier molecular flexibility index (Phi) is 5.57. The molecule has 1 unspecified atom stereocenters. The molecular formula is C13H18O2Se. The minimum absolute atomic E-state index is 0.0103. The summed E-state index contributed by atoms with van der Waals surface area (Å²) in [7, 11) is 0. The van der Waals surface area contributed by atoms with E-state index < -0.39 is 0 Å². The zero-order valence-electron chi connectivity index (χ0n) is 9.97. The minimum atomic E-state index is -0.0830. The van der Waals surface area contributed by atoms with E-state index in [0.717, 1.165) is 0 Å². The number of hydrogen-bond donors (Lipinski definition) is 0. The van der Waals surface area contributed by atoms with Crippen LogP contribution in [0.15, 0.2) is 30.3 Å². The summed E-state index contributed by atoms with van der Waals surface area (Å²) in [5, 5.41) is 0. The molecule has 1 atom stereocenters. The van der Waals surface area contributed by atoms with Crippen molar-refractivity contribution in [2.75, 3.05) is 0 Å². The second kappa shape index (κ2) is 6.72. The summed E-state index contributed by atoms with van der Waals surface area (Å²) in [6.07, 6.45) is 0.511. The summed E-state index contributed by atoms with van der Waals surface area (Å²) < 4.78 is 6.46. The van der Waals surface area contributed by atoms with Crippen molar-refractivity contribution in [1.82, 2.24) is 0 Å². The quantitative estimate of drug-likeness (QED) is 0.612. The van der Waals surface area contributed by atoms with Gasteiger partial charge in [-0.2, -0.15) is 0 Å². The van der Waals surface area contributed by atoms with Crippen molar-refractivity contribution in [3.63, 3.8) is 0 Å². The fourth-order valence-corrected chi connectivity index (χ4v) is 3.41. The molecule has 0 radical (unpaired) electrons. The molecule has 1 rings (SSSR count). The first kappa shape index (κ1) is 13.3. The third-order valence-corrected chi connectivity index (χ3v) is 4.24. The average molecular weight is 285 g/mol. The summed E-state index contributed by atoms with van der Waals surface area (Å²) in [4.78, 5) is 11.8. The van der Waals surface area contributed by atoms with E-state index in [1.54, 1.807) is 0 Å². The SMILES string of the molecule is CC(C)OC(=O)CC(C)[Se]c1ccccc1. The third kappa shape index (κ3) is 5.34. The van der Waals surface area contributed by atoms with Crippen LogP contribution in [0, 0.1) is 0 Å². The van der Waals surface area contributed by atoms with Crippen LogP contribution in [0.3, 0.4) is 0 Å².